The number of carbonyl (C=O) groups is 1. The maximum absolute atomic E-state index is 12.1. The Morgan fingerprint density at radius 2 is 2.19 bits per heavy atom. The van der Waals surface area contributed by atoms with Crippen LogP contribution in [0.4, 0.5) is 0 Å². The molecule has 7 heteroatoms. The lowest BCUT2D eigenvalue weighted by atomic mass is 10.1. The smallest absolute Gasteiger partial charge is 0.271 e. The van der Waals surface area contributed by atoms with Crippen LogP contribution in [-0.4, -0.2) is 22.0 Å². The summed E-state index contributed by atoms with van der Waals surface area (Å²) in [6, 6.07) is 5.07. The zero-order valence-corrected chi connectivity index (χ0v) is 13.0. The van der Waals surface area contributed by atoms with Crippen LogP contribution in [0.3, 0.4) is 0 Å². The fourth-order valence-corrected chi connectivity index (χ4v) is 2.19. The molecule has 1 unspecified atom stereocenters. The second-order valence-corrected chi connectivity index (χ2v) is 5.47. The summed E-state index contributed by atoms with van der Waals surface area (Å²) in [7, 11) is 0. The van der Waals surface area contributed by atoms with Crippen molar-refractivity contribution in [2.45, 2.75) is 19.5 Å². The molecule has 1 amide bonds. The molecule has 0 saturated heterocycles. The molecule has 0 spiro atoms. The summed E-state index contributed by atoms with van der Waals surface area (Å²) < 4.78 is 1.78. The van der Waals surface area contributed by atoms with Crippen molar-refractivity contribution in [1.29, 1.82) is 0 Å². The molecule has 21 heavy (non-hydrogen) atoms. The van der Waals surface area contributed by atoms with E-state index in [1.54, 1.807) is 29.2 Å². The molecule has 1 aromatic heterocycles. The molecule has 0 saturated carbocycles. The fourth-order valence-electron chi connectivity index (χ4n) is 1.88. The van der Waals surface area contributed by atoms with Gasteiger partial charge in [-0.15, -0.1) is 0 Å². The molecule has 2 aromatic rings. The third kappa shape index (κ3) is 3.97. The van der Waals surface area contributed by atoms with Gasteiger partial charge in [-0.2, -0.15) is 0 Å². The van der Waals surface area contributed by atoms with Crippen LogP contribution in [0.2, 0.25) is 10.0 Å². The van der Waals surface area contributed by atoms with E-state index >= 15 is 0 Å². The number of halogens is 2. The van der Waals surface area contributed by atoms with Crippen LogP contribution >= 0.6 is 23.2 Å². The Morgan fingerprint density at radius 1 is 1.43 bits per heavy atom. The Labute approximate surface area is 133 Å². The molecule has 1 heterocycles. The number of amides is 1. The number of nitrogens with zero attached hydrogens (tertiary/aromatic N) is 2. The lowest BCUT2D eigenvalue weighted by Gasteiger charge is -2.14. The highest BCUT2D eigenvalue weighted by molar-refractivity contribution is 6.42. The predicted octanol–water partition coefficient (Wildman–Crippen LogP) is 2.64. The van der Waals surface area contributed by atoms with Gasteiger partial charge in [-0.1, -0.05) is 29.3 Å². The Hall–Kier alpha value is -1.56. The molecular formula is C14H16Cl2N4O. The topological polar surface area (TPSA) is 72.9 Å². The highest BCUT2D eigenvalue weighted by Crippen LogP contribution is 2.25. The molecule has 0 fully saturated rings. The van der Waals surface area contributed by atoms with Crippen molar-refractivity contribution in [1.82, 2.24) is 14.9 Å². The van der Waals surface area contributed by atoms with Gasteiger partial charge in [-0.25, -0.2) is 4.98 Å². The summed E-state index contributed by atoms with van der Waals surface area (Å²) in [5.41, 5.74) is 6.69. The number of hydrogen-bond acceptors (Lipinski definition) is 3. The minimum absolute atomic E-state index is 0.202. The zero-order valence-electron chi connectivity index (χ0n) is 11.5. The standard InChI is InChI=1S/C14H16Cl2N4O/c1-9(10-2-3-11(15)12(16)6-10)19-14(21)13-7-20(5-4-17)8-18-13/h2-3,6-9H,4-5,17H2,1H3,(H,19,21). The van der Waals surface area contributed by atoms with Gasteiger partial charge in [0.2, 0.25) is 0 Å². The molecule has 0 radical (unpaired) electrons. The summed E-state index contributed by atoms with van der Waals surface area (Å²) in [6.45, 7) is 2.99. The fraction of sp³-hybridized carbons (Fsp3) is 0.286. The number of carbonyl (C=O) groups excluding carboxylic acids is 1. The van der Waals surface area contributed by atoms with Crippen LogP contribution in [0.15, 0.2) is 30.7 Å². The molecule has 3 N–H and O–H groups in total. The molecule has 5 nitrogen and oxygen atoms in total. The molecule has 1 atom stereocenters. The number of imidazole rings is 1. The summed E-state index contributed by atoms with van der Waals surface area (Å²) >= 11 is 11.9. The number of rotatable bonds is 5. The quantitative estimate of drug-likeness (QED) is 0.887. The van der Waals surface area contributed by atoms with Gasteiger partial charge >= 0.3 is 0 Å². The number of nitrogens with one attached hydrogen (secondary N) is 1. The molecule has 0 aliphatic carbocycles. The second-order valence-electron chi connectivity index (χ2n) is 4.65. The van der Waals surface area contributed by atoms with Crippen LogP contribution < -0.4 is 11.1 Å². The normalized spacial score (nSPS) is 12.2. The van der Waals surface area contributed by atoms with Gasteiger partial charge in [-0.3, -0.25) is 4.79 Å². The van der Waals surface area contributed by atoms with E-state index in [2.05, 4.69) is 10.3 Å². The molecule has 2 rings (SSSR count). The molecule has 0 aliphatic rings. The van der Waals surface area contributed by atoms with E-state index in [1.165, 1.54) is 0 Å². The Morgan fingerprint density at radius 3 is 2.86 bits per heavy atom. The first-order valence-corrected chi connectivity index (χ1v) is 7.24. The monoisotopic (exact) mass is 326 g/mol. The Bertz CT molecular complexity index is 642. The van der Waals surface area contributed by atoms with Crippen molar-refractivity contribution in [3.63, 3.8) is 0 Å². The average Bonchev–Trinajstić information content (AvgIpc) is 2.91. The van der Waals surface area contributed by atoms with Crippen molar-refractivity contribution in [2.24, 2.45) is 5.73 Å². The maximum atomic E-state index is 12.1. The Balaban J connectivity index is 2.05. The third-order valence-corrected chi connectivity index (χ3v) is 3.78. The zero-order chi connectivity index (χ0) is 15.4. The van der Waals surface area contributed by atoms with Crippen LogP contribution in [0.1, 0.15) is 29.0 Å². The number of aromatic nitrogens is 2. The largest absolute Gasteiger partial charge is 0.344 e. The van der Waals surface area contributed by atoms with E-state index in [9.17, 15) is 4.79 Å². The van der Waals surface area contributed by atoms with Gasteiger partial charge in [-0.05, 0) is 24.6 Å². The summed E-state index contributed by atoms with van der Waals surface area (Å²) in [5, 5.41) is 3.81. The van der Waals surface area contributed by atoms with Gasteiger partial charge in [0.15, 0.2) is 0 Å². The van der Waals surface area contributed by atoms with Gasteiger partial charge in [0, 0.05) is 19.3 Å². The number of hydrogen-bond donors (Lipinski definition) is 2. The lowest BCUT2D eigenvalue weighted by molar-refractivity contribution is 0.0935. The van der Waals surface area contributed by atoms with E-state index in [4.69, 9.17) is 28.9 Å². The Kier molecular flexibility index (Phi) is 5.22. The third-order valence-electron chi connectivity index (χ3n) is 3.04. The van der Waals surface area contributed by atoms with Gasteiger partial charge < -0.3 is 15.6 Å². The van der Waals surface area contributed by atoms with Crippen molar-refractivity contribution < 1.29 is 4.79 Å². The van der Waals surface area contributed by atoms with Crippen LogP contribution in [0, 0.1) is 0 Å². The predicted molar refractivity (Wildman–Crippen MR) is 83.6 cm³/mol. The molecule has 0 bridgehead atoms. The first-order valence-electron chi connectivity index (χ1n) is 6.49. The highest BCUT2D eigenvalue weighted by atomic mass is 35.5. The minimum atomic E-state index is -0.246. The van der Waals surface area contributed by atoms with E-state index in [1.807, 2.05) is 13.0 Å². The van der Waals surface area contributed by atoms with Crippen molar-refractivity contribution >= 4 is 29.1 Å². The maximum Gasteiger partial charge on any atom is 0.271 e. The summed E-state index contributed by atoms with van der Waals surface area (Å²) in [6.07, 6.45) is 3.26. The SMILES string of the molecule is CC(NC(=O)c1cn(CCN)cn1)c1ccc(Cl)c(Cl)c1. The van der Waals surface area contributed by atoms with E-state index < -0.39 is 0 Å². The van der Waals surface area contributed by atoms with Crippen molar-refractivity contribution in [3.05, 3.63) is 52.0 Å². The minimum Gasteiger partial charge on any atom is -0.344 e. The van der Waals surface area contributed by atoms with Gasteiger partial charge in [0.1, 0.15) is 5.69 Å². The van der Waals surface area contributed by atoms with Crippen LogP contribution in [0.25, 0.3) is 0 Å². The van der Waals surface area contributed by atoms with Gasteiger partial charge in [0.25, 0.3) is 5.91 Å². The van der Waals surface area contributed by atoms with Crippen LogP contribution in [-0.2, 0) is 6.54 Å². The second kappa shape index (κ2) is 6.93. The first kappa shape index (κ1) is 15.8. The van der Waals surface area contributed by atoms with Gasteiger partial charge in [0.05, 0.1) is 22.4 Å². The van der Waals surface area contributed by atoms with E-state index in [-0.39, 0.29) is 11.9 Å². The number of benzene rings is 1. The highest BCUT2D eigenvalue weighted by Gasteiger charge is 2.14. The first-order chi connectivity index (χ1) is 10.0. The average molecular weight is 327 g/mol. The lowest BCUT2D eigenvalue weighted by Crippen LogP contribution is -2.27. The summed E-state index contributed by atoms with van der Waals surface area (Å²) in [5.74, 6) is -0.246. The van der Waals surface area contributed by atoms with E-state index in [0.29, 0.717) is 28.8 Å². The summed E-state index contributed by atoms with van der Waals surface area (Å²) in [4.78, 5) is 16.2. The van der Waals surface area contributed by atoms with E-state index in [0.717, 1.165) is 5.56 Å². The van der Waals surface area contributed by atoms with Crippen LogP contribution in [0.5, 0.6) is 0 Å². The van der Waals surface area contributed by atoms with Crippen molar-refractivity contribution in [3.8, 4) is 0 Å². The van der Waals surface area contributed by atoms with Crippen molar-refractivity contribution in [2.75, 3.05) is 6.54 Å². The number of nitrogens with two attached hydrogens (primary N) is 1. The molecular weight excluding hydrogens is 311 g/mol. The molecule has 0 aliphatic heterocycles. The molecule has 112 valence electrons. The molecule has 1 aromatic carbocycles.